The third-order valence-electron chi connectivity index (χ3n) is 31.1. The number of benzene rings is 17. The molecule has 3 atom stereocenters. The van der Waals surface area contributed by atoms with E-state index in [0.717, 1.165) is 44.2 Å². The lowest BCUT2D eigenvalue weighted by molar-refractivity contribution is -0.113. The molecule has 1 aromatic heterocycles. The lowest BCUT2D eigenvalue weighted by atomic mass is 9.66. The number of aliphatic imine (C=N–C) groups is 1. The van der Waals surface area contributed by atoms with Crippen LogP contribution in [0.3, 0.4) is 0 Å². The summed E-state index contributed by atoms with van der Waals surface area (Å²) in [5, 5.41) is 74.5. The molecule has 14 aliphatic rings. The van der Waals surface area contributed by atoms with Gasteiger partial charge in [0.25, 0.3) is 0 Å². The summed E-state index contributed by atoms with van der Waals surface area (Å²) in [6.45, 7) is 0. The molecule has 4 spiro atoms. The van der Waals surface area contributed by atoms with Crippen LogP contribution in [0.5, 0.6) is 0 Å². The van der Waals surface area contributed by atoms with E-state index in [1.165, 1.54) is 11.1 Å². The standard InChI is InChI=1S/C81H22N2O/c84-16-77-12-2-4-18-7-5-17(6-8-18)3-1-11-76(15-83-19-9-13-82-14-10-19)78-68-54-44-33-24-20-21-23-28-22(20)29-26-31(24)39(44)50-42-35(26)46-37(29)48-41(28)49-38-30(23)27-32-25(21)34(33)45-40(32)51-43-36(27)47(38)61-65-53(43)63(59(51)69(78)55(45)54)73-67-66-72(79(73,76)78)62(58(50)68)52(42)64-60(46)70-56(48)57(49)71(61)81(77,75(65)67)80(70,77)74(64)66/h5-10,13-16H,1-4,11-12H2. The molecule has 25 aromatic carbocycles. The molecule has 0 radical (unpaired) electrons. The predicted molar refractivity (Wildman–Crippen MR) is 342 cm³/mol. The zero-order valence-corrected chi connectivity index (χ0v) is 43.8. The number of pyridine rings is 1. The van der Waals surface area contributed by atoms with Crippen LogP contribution in [0.1, 0.15) is 81.3 Å². The van der Waals surface area contributed by atoms with Gasteiger partial charge >= 0.3 is 0 Å². The number of rotatable bonds is 3. The van der Waals surface area contributed by atoms with E-state index in [0.29, 0.717) is 0 Å². The van der Waals surface area contributed by atoms with Crippen molar-refractivity contribution in [1.29, 1.82) is 0 Å². The van der Waals surface area contributed by atoms with E-state index in [1.54, 1.807) is 310 Å². The van der Waals surface area contributed by atoms with Gasteiger partial charge < -0.3 is 4.79 Å². The summed E-state index contributed by atoms with van der Waals surface area (Å²) in [7, 11) is 0. The van der Waals surface area contributed by atoms with E-state index in [4.69, 9.17) is 4.99 Å². The molecule has 2 fully saturated rings. The molecule has 84 heavy (non-hydrogen) atoms. The van der Waals surface area contributed by atoms with Crippen molar-refractivity contribution in [2.24, 2.45) is 15.8 Å². The second kappa shape index (κ2) is 7.86. The molecule has 14 aliphatic carbocycles. The molecule has 3 unspecified atom stereocenters. The van der Waals surface area contributed by atoms with E-state index in [2.05, 4.69) is 47.6 Å². The highest BCUT2D eigenvalue weighted by Crippen LogP contribution is 3.02. The van der Waals surface area contributed by atoms with Crippen LogP contribution in [-0.2, 0) is 39.3 Å². The first-order chi connectivity index (χ1) is 41.8. The van der Waals surface area contributed by atoms with E-state index >= 15 is 4.79 Å². The maximum Gasteiger partial charge on any atom is 0.128 e. The van der Waals surface area contributed by atoms with Crippen LogP contribution >= 0.6 is 0 Å². The summed E-state index contributed by atoms with van der Waals surface area (Å²) in [6, 6.07) is 14.2. The first-order valence-electron chi connectivity index (χ1n) is 31.8. The van der Waals surface area contributed by atoms with Crippen molar-refractivity contribution in [1.82, 2.24) is 4.98 Å². The van der Waals surface area contributed by atoms with E-state index in [-0.39, 0.29) is 5.41 Å². The SMILES string of the molecule is O=CC12CCCc3ccc(cc3)CCCC3(C=Nc4ccncc4)C45c6c7c8c9c%10c%11c%12c%13c%14c%15c%16c(c-7c4c4c7c%17c%18c%19c(c%20c6c9c6c%20c9c%19c%19c%20c%18c%18c7c(c4%16)c4c%15c7c%13c%13c%12c%12c%10c6c6c9c%19c9c(c%126)c%13c6c7c4c%18c%20c69)C%1735)C%141C8%112. The van der Waals surface area contributed by atoms with Gasteiger partial charge in [-0.3, -0.25) is 9.98 Å². The van der Waals surface area contributed by atoms with Crippen molar-refractivity contribution in [3.63, 3.8) is 0 Å². The number of aryl methyl sites for hydroxylation is 2. The third-order valence-corrected chi connectivity index (χ3v) is 31.1. The Balaban J connectivity index is 1.00. The number of hydrogen-bond acceptors (Lipinski definition) is 3. The molecule has 26 aromatic rings. The maximum atomic E-state index is 16.5. The lowest BCUT2D eigenvalue weighted by Crippen LogP contribution is -2.28. The lowest BCUT2D eigenvalue weighted by Gasteiger charge is -2.34. The number of hydrogen-bond donors (Lipinski definition) is 0. The molecular formula is C81H22N2O. The molecule has 0 saturated heterocycles. The van der Waals surface area contributed by atoms with Crippen molar-refractivity contribution >= 4 is 266 Å². The van der Waals surface area contributed by atoms with E-state index in [9.17, 15) is 0 Å². The predicted octanol–water partition coefficient (Wildman–Crippen LogP) is 19.2. The molecule has 1 heterocycles. The van der Waals surface area contributed by atoms with Gasteiger partial charge in [0.2, 0.25) is 0 Å². The topological polar surface area (TPSA) is 42.3 Å². The number of aromatic nitrogens is 1. The summed E-state index contributed by atoms with van der Waals surface area (Å²) < 4.78 is 0. The zero-order valence-electron chi connectivity index (χ0n) is 43.8. The fourth-order valence-electron chi connectivity index (χ4n) is 31.0. The van der Waals surface area contributed by atoms with Crippen molar-refractivity contribution < 1.29 is 4.79 Å². The monoisotopic (exact) mass is 1040 g/mol. The summed E-state index contributed by atoms with van der Waals surface area (Å²) in [4.78, 5) is 27.1. The van der Waals surface area contributed by atoms with Crippen LogP contribution in [0.25, 0.3) is 259 Å². The van der Waals surface area contributed by atoms with Crippen molar-refractivity contribution in [3.05, 3.63) is 104 Å². The van der Waals surface area contributed by atoms with E-state index in [1.807, 2.05) is 12.4 Å². The van der Waals surface area contributed by atoms with Crippen LogP contribution in [-0.4, -0.2) is 17.5 Å². The van der Waals surface area contributed by atoms with Crippen molar-refractivity contribution in [2.45, 2.75) is 60.2 Å². The minimum Gasteiger partial charge on any atom is -0.303 e. The Morgan fingerprint density at radius 3 is 0.833 bits per heavy atom. The highest BCUT2D eigenvalue weighted by atomic mass is 16.1. The smallest absolute Gasteiger partial charge is 0.128 e. The van der Waals surface area contributed by atoms with E-state index < -0.39 is 27.1 Å². The first kappa shape index (κ1) is 33.5. The summed E-state index contributed by atoms with van der Waals surface area (Å²) in [5.74, 6) is 0. The van der Waals surface area contributed by atoms with Gasteiger partial charge in [0.1, 0.15) is 6.29 Å². The molecule has 12 bridgehead atoms. The molecule has 40 rings (SSSR count). The molecule has 3 heteroatoms. The van der Waals surface area contributed by atoms with Crippen molar-refractivity contribution in [3.8, 4) is 11.1 Å². The molecular weight excluding hydrogens is 1020 g/mol. The minimum atomic E-state index is -0.668. The van der Waals surface area contributed by atoms with Gasteiger partial charge in [-0.1, -0.05) is 24.3 Å². The number of carbonyl (C=O) groups is 1. The van der Waals surface area contributed by atoms with Crippen LogP contribution in [0, 0.1) is 10.8 Å². The maximum absolute atomic E-state index is 16.5. The van der Waals surface area contributed by atoms with Gasteiger partial charge in [0, 0.05) is 34.9 Å². The van der Waals surface area contributed by atoms with Crippen LogP contribution < -0.4 is 0 Å². The van der Waals surface area contributed by atoms with Gasteiger partial charge in [0.05, 0.1) is 21.9 Å². The molecule has 0 amide bonds. The highest BCUT2D eigenvalue weighted by molar-refractivity contribution is 6.79. The summed E-state index contributed by atoms with van der Waals surface area (Å²) >= 11 is 0. The van der Waals surface area contributed by atoms with Gasteiger partial charge in [-0.2, -0.15) is 0 Å². The van der Waals surface area contributed by atoms with Gasteiger partial charge in [-0.15, -0.1) is 0 Å². The van der Waals surface area contributed by atoms with Gasteiger partial charge in [0.15, 0.2) is 0 Å². The molecule has 362 valence electrons. The summed E-state index contributed by atoms with van der Waals surface area (Å²) in [6.07, 6.45) is 14.4. The highest BCUT2D eigenvalue weighted by Gasteiger charge is 2.99. The molecule has 0 aliphatic heterocycles. The number of nitrogens with zero attached hydrogens (tertiary/aromatic N) is 2. The first-order valence-corrected chi connectivity index (χ1v) is 31.8. The summed E-state index contributed by atoms with van der Waals surface area (Å²) in [5.41, 5.74) is 17.6. The second-order valence-electron chi connectivity index (χ2n) is 31.0. The number of carbonyl (C=O) groups excluding carboxylic acids is 1. The van der Waals surface area contributed by atoms with Crippen molar-refractivity contribution in [2.75, 3.05) is 0 Å². The Kier molecular flexibility index (Phi) is 3.13. The average molecular weight is 1040 g/mol. The normalized spacial score (nSPS) is 29.4. The van der Waals surface area contributed by atoms with Gasteiger partial charge in [-0.25, -0.2) is 0 Å². The van der Waals surface area contributed by atoms with Crippen LogP contribution in [0.2, 0.25) is 0 Å². The molecule has 0 N–H and O–H groups in total. The molecule has 3 nitrogen and oxygen atoms in total. The Labute approximate surface area is 464 Å². The number of aldehydes is 1. The Morgan fingerprint density at radius 2 is 0.536 bits per heavy atom. The fraction of sp³-hybridized carbons (Fsp3) is 0.148. The Hall–Kier alpha value is -9.57. The largest absolute Gasteiger partial charge is 0.303 e. The molecule has 2 saturated carbocycles. The third kappa shape index (κ3) is 1.83. The van der Waals surface area contributed by atoms with Crippen LogP contribution in [0.15, 0.2) is 53.8 Å². The van der Waals surface area contributed by atoms with Gasteiger partial charge in [-0.05, 0) is 365 Å². The quantitative estimate of drug-likeness (QED) is 0.101. The minimum absolute atomic E-state index is 0.386. The fourth-order valence-corrected chi connectivity index (χ4v) is 31.0. The Morgan fingerprint density at radius 1 is 0.298 bits per heavy atom. The Bertz CT molecular complexity index is 7790. The zero-order chi connectivity index (χ0) is 50.8. The average Bonchev–Trinajstić information content (AvgIpc) is 1.34. The van der Waals surface area contributed by atoms with Crippen LogP contribution in [0.4, 0.5) is 5.69 Å². The second-order valence-corrected chi connectivity index (χ2v) is 31.0.